The molecule has 21 heavy (non-hydrogen) atoms. The van der Waals surface area contributed by atoms with E-state index in [0.717, 1.165) is 38.3 Å². The maximum absolute atomic E-state index is 11.0. The highest BCUT2D eigenvalue weighted by atomic mass is 16.4. The molecule has 0 bridgehead atoms. The van der Waals surface area contributed by atoms with Gasteiger partial charge in [-0.3, -0.25) is 4.68 Å². The second kappa shape index (κ2) is 5.90. The molecule has 3 rings (SSSR count). The number of piperidine rings is 1. The summed E-state index contributed by atoms with van der Waals surface area (Å²) in [6.07, 6.45) is 5.74. The summed E-state index contributed by atoms with van der Waals surface area (Å²) < 4.78 is 1.84. The molecule has 1 aliphatic rings. The van der Waals surface area contributed by atoms with Gasteiger partial charge < -0.3 is 10.0 Å². The molecule has 1 atom stereocenters. The van der Waals surface area contributed by atoms with Crippen LogP contribution in [0.25, 0.3) is 0 Å². The highest BCUT2D eigenvalue weighted by Gasteiger charge is 2.22. The standard InChI is InChI=1S/C14H17N5O2/c20-14(21)12-4-1-5-13(16-12)18-7-2-3-11(9-18)10-19-8-6-15-17-19/h1,4-6,8,11H,2-3,7,9-10H2,(H,20,21). The van der Waals surface area contributed by atoms with Crippen molar-refractivity contribution >= 4 is 11.8 Å². The van der Waals surface area contributed by atoms with Crippen molar-refractivity contribution in [3.05, 3.63) is 36.3 Å². The number of hydrogen-bond donors (Lipinski definition) is 1. The Morgan fingerprint density at radius 3 is 3.10 bits per heavy atom. The van der Waals surface area contributed by atoms with Crippen molar-refractivity contribution in [3.8, 4) is 0 Å². The highest BCUT2D eigenvalue weighted by Crippen LogP contribution is 2.22. The molecule has 0 spiro atoms. The van der Waals surface area contributed by atoms with Gasteiger partial charge in [-0.1, -0.05) is 11.3 Å². The Bertz CT molecular complexity index is 614. The Kier molecular flexibility index (Phi) is 3.81. The lowest BCUT2D eigenvalue weighted by molar-refractivity contribution is 0.0690. The summed E-state index contributed by atoms with van der Waals surface area (Å²) in [6, 6.07) is 5.12. The first-order chi connectivity index (χ1) is 10.2. The molecule has 0 aromatic carbocycles. The van der Waals surface area contributed by atoms with E-state index in [0.29, 0.717) is 5.92 Å². The number of anilines is 1. The number of aromatic nitrogens is 4. The third-order valence-corrected chi connectivity index (χ3v) is 3.71. The Morgan fingerprint density at radius 2 is 2.33 bits per heavy atom. The van der Waals surface area contributed by atoms with Crippen molar-refractivity contribution in [2.75, 3.05) is 18.0 Å². The molecule has 0 saturated carbocycles. The van der Waals surface area contributed by atoms with Gasteiger partial charge in [0.05, 0.1) is 6.20 Å². The van der Waals surface area contributed by atoms with Gasteiger partial charge in [-0.05, 0) is 30.9 Å². The number of carbonyl (C=O) groups is 1. The van der Waals surface area contributed by atoms with E-state index in [-0.39, 0.29) is 5.69 Å². The number of nitrogens with zero attached hydrogens (tertiary/aromatic N) is 5. The van der Waals surface area contributed by atoms with Crippen LogP contribution in [0.2, 0.25) is 0 Å². The zero-order chi connectivity index (χ0) is 14.7. The summed E-state index contributed by atoms with van der Waals surface area (Å²) in [6.45, 7) is 2.59. The topological polar surface area (TPSA) is 84.1 Å². The van der Waals surface area contributed by atoms with Gasteiger partial charge in [-0.25, -0.2) is 9.78 Å². The minimum absolute atomic E-state index is 0.0888. The third-order valence-electron chi connectivity index (χ3n) is 3.71. The van der Waals surface area contributed by atoms with Crippen LogP contribution in [0, 0.1) is 5.92 Å². The van der Waals surface area contributed by atoms with E-state index in [9.17, 15) is 4.79 Å². The third kappa shape index (κ3) is 3.18. The summed E-state index contributed by atoms with van der Waals surface area (Å²) in [4.78, 5) is 17.4. The number of hydrogen-bond acceptors (Lipinski definition) is 5. The van der Waals surface area contributed by atoms with Crippen LogP contribution >= 0.6 is 0 Å². The van der Waals surface area contributed by atoms with Crippen LogP contribution < -0.4 is 4.90 Å². The van der Waals surface area contributed by atoms with Crippen LogP contribution in [0.4, 0.5) is 5.82 Å². The van der Waals surface area contributed by atoms with E-state index < -0.39 is 5.97 Å². The lowest BCUT2D eigenvalue weighted by atomic mass is 9.98. The minimum Gasteiger partial charge on any atom is -0.477 e. The monoisotopic (exact) mass is 287 g/mol. The molecule has 1 N–H and O–H groups in total. The van der Waals surface area contributed by atoms with E-state index in [2.05, 4.69) is 20.2 Å². The van der Waals surface area contributed by atoms with Crippen LogP contribution in [0.3, 0.4) is 0 Å². The average Bonchev–Trinajstić information content (AvgIpc) is 3.00. The van der Waals surface area contributed by atoms with Gasteiger partial charge in [0.25, 0.3) is 0 Å². The predicted molar refractivity (Wildman–Crippen MR) is 76.2 cm³/mol. The van der Waals surface area contributed by atoms with E-state index in [4.69, 9.17) is 5.11 Å². The Labute approximate surface area is 122 Å². The molecular formula is C14H17N5O2. The number of rotatable bonds is 4. The van der Waals surface area contributed by atoms with Crippen LogP contribution in [0.5, 0.6) is 0 Å². The van der Waals surface area contributed by atoms with Gasteiger partial charge in [0.1, 0.15) is 5.82 Å². The quantitative estimate of drug-likeness (QED) is 0.912. The lowest BCUT2D eigenvalue weighted by Crippen LogP contribution is -2.37. The molecule has 2 aromatic heterocycles. The SMILES string of the molecule is O=C(O)c1cccc(N2CCCC(Cn3ccnn3)C2)n1. The highest BCUT2D eigenvalue weighted by molar-refractivity contribution is 5.85. The molecular weight excluding hydrogens is 270 g/mol. The molecule has 1 aliphatic heterocycles. The van der Waals surface area contributed by atoms with Gasteiger partial charge in [0.2, 0.25) is 0 Å². The predicted octanol–water partition coefficient (Wildman–Crippen LogP) is 1.29. The molecule has 7 nitrogen and oxygen atoms in total. The van der Waals surface area contributed by atoms with Gasteiger partial charge in [0, 0.05) is 25.8 Å². The maximum atomic E-state index is 11.0. The summed E-state index contributed by atoms with van der Waals surface area (Å²) in [7, 11) is 0. The van der Waals surface area contributed by atoms with Gasteiger partial charge in [-0.2, -0.15) is 0 Å². The second-order valence-corrected chi connectivity index (χ2v) is 5.27. The van der Waals surface area contributed by atoms with E-state index in [1.807, 2.05) is 16.9 Å². The number of pyridine rings is 1. The first kappa shape index (κ1) is 13.5. The molecule has 1 unspecified atom stereocenters. The summed E-state index contributed by atoms with van der Waals surface area (Å²) >= 11 is 0. The maximum Gasteiger partial charge on any atom is 0.354 e. The van der Waals surface area contributed by atoms with Gasteiger partial charge in [-0.15, -0.1) is 5.10 Å². The molecule has 0 radical (unpaired) electrons. The Balaban J connectivity index is 1.70. The van der Waals surface area contributed by atoms with Crippen molar-refractivity contribution in [2.45, 2.75) is 19.4 Å². The zero-order valence-electron chi connectivity index (χ0n) is 11.6. The van der Waals surface area contributed by atoms with E-state index in [1.54, 1.807) is 12.3 Å². The molecule has 3 heterocycles. The Morgan fingerprint density at radius 1 is 1.43 bits per heavy atom. The molecule has 1 fully saturated rings. The van der Waals surface area contributed by atoms with E-state index in [1.165, 1.54) is 6.07 Å². The zero-order valence-corrected chi connectivity index (χ0v) is 11.6. The summed E-state index contributed by atoms with van der Waals surface area (Å²) in [5.41, 5.74) is 0.0888. The van der Waals surface area contributed by atoms with Crippen molar-refractivity contribution in [1.29, 1.82) is 0 Å². The second-order valence-electron chi connectivity index (χ2n) is 5.27. The van der Waals surface area contributed by atoms with Crippen LogP contribution in [-0.4, -0.2) is 44.1 Å². The molecule has 0 aliphatic carbocycles. The first-order valence-electron chi connectivity index (χ1n) is 7.02. The number of carboxylic acids is 1. The Hall–Kier alpha value is -2.44. The fourth-order valence-electron chi connectivity index (χ4n) is 2.74. The smallest absolute Gasteiger partial charge is 0.354 e. The van der Waals surface area contributed by atoms with Crippen LogP contribution in [0.1, 0.15) is 23.3 Å². The van der Waals surface area contributed by atoms with Gasteiger partial charge >= 0.3 is 5.97 Å². The molecule has 1 saturated heterocycles. The van der Waals surface area contributed by atoms with Crippen LogP contribution in [-0.2, 0) is 6.54 Å². The van der Waals surface area contributed by atoms with Crippen LogP contribution in [0.15, 0.2) is 30.6 Å². The fourth-order valence-corrected chi connectivity index (χ4v) is 2.74. The summed E-state index contributed by atoms with van der Waals surface area (Å²) in [5, 5.41) is 16.8. The van der Waals surface area contributed by atoms with E-state index >= 15 is 0 Å². The minimum atomic E-state index is -0.993. The largest absolute Gasteiger partial charge is 0.477 e. The molecule has 110 valence electrons. The normalized spacial score (nSPS) is 18.7. The summed E-state index contributed by atoms with van der Waals surface area (Å²) in [5.74, 6) is 0.210. The number of aromatic carboxylic acids is 1. The fraction of sp³-hybridized carbons (Fsp3) is 0.429. The average molecular weight is 287 g/mol. The first-order valence-corrected chi connectivity index (χ1v) is 7.02. The van der Waals surface area contributed by atoms with Crippen molar-refractivity contribution in [3.63, 3.8) is 0 Å². The van der Waals surface area contributed by atoms with Crippen molar-refractivity contribution < 1.29 is 9.90 Å². The van der Waals surface area contributed by atoms with Gasteiger partial charge in [0.15, 0.2) is 5.69 Å². The lowest BCUT2D eigenvalue weighted by Gasteiger charge is -2.33. The molecule has 2 aromatic rings. The molecule has 0 amide bonds. The molecule has 7 heteroatoms. The van der Waals surface area contributed by atoms with Crippen molar-refractivity contribution in [1.82, 2.24) is 20.0 Å². The number of carboxylic acid groups (broad SMARTS) is 1. The van der Waals surface area contributed by atoms with Crippen molar-refractivity contribution in [2.24, 2.45) is 5.92 Å².